The maximum absolute atomic E-state index is 12.0. The summed E-state index contributed by atoms with van der Waals surface area (Å²) in [6, 6.07) is 0. The summed E-state index contributed by atoms with van der Waals surface area (Å²) in [5.41, 5.74) is 5.30. The van der Waals surface area contributed by atoms with Crippen LogP contribution in [0.15, 0.2) is 0 Å². The largest absolute Gasteiger partial charge is 0.481 e. The van der Waals surface area contributed by atoms with Crippen LogP contribution in [-0.4, -0.2) is 28.1 Å². The van der Waals surface area contributed by atoms with Crippen molar-refractivity contribution in [1.29, 1.82) is 0 Å². The lowest BCUT2D eigenvalue weighted by Gasteiger charge is -2.42. The van der Waals surface area contributed by atoms with Gasteiger partial charge in [-0.3, -0.25) is 9.59 Å². The predicted molar refractivity (Wildman–Crippen MR) is 67.0 cm³/mol. The molecule has 2 aliphatic carbocycles. The molecule has 2 rings (SSSR count). The number of carboxylic acids is 1. The van der Waals surface area contributed by atoms with E-state index in [0.29, 0.717) is 6.42 Å². The smallest absolute Gasteiger partial charge is 0.305 e. The highest BCUT2D eigenvalue weighted by molar-refractivity contribution is 5.79. The summed E-state index contributed by atoms with van der Waals surface area (Å²) < 4.78 is 0. The van der Waals surface area contributed by atoms with Gasteiger partial charge in [0, 0.05) is 12.0 Å². The molecule has 5 heteroatoms. The summed E-state index contributed by atoms with van der Waals surface area (Å²) in [6.07, 6.45) is 6.84. The van der Waals surface area contributed by atoms with Gasteiger partial charge >= 0.3 is 5.97 Å². The second kappa shape index (κ2) is 4.88. The lowest BCUT2D eigenvalue weighted by molar-refractivity contribution is -0.140. The molecular weight excluding hydrogens is 232 g/mol. The summed E-state index contributed by atoms with van der Waals surface area (Å²) in [5.74, 6) is -0.932. The fourth-order valence-corrected chi connectivity index (χ4v) is 3.15. The van der Waals surface area contributed by atoms with Gasteiger partial charge in [0.2, 0.25) is 5.91 Å². The van der Waals surface area contributed by atoms with E-state index in [-0.39, 0.29) is 17.9 Å². The maximum atomic E-state index is 12.0. The average Bonchev–Trinajstić information content (AvgIpc) is 2.60. The van der Waals surface area contributed by atoms with Crippen molar-refractivity contribution in [1.82, 2.24) is 5.32 Å². The Balaban J connectivity index is 1.87. The van der Waals surface area contributed by atoms with Crippen LogP contribution < -0.4 is 11.1 Å². The van der Waals surface area contributed by atoms with Crippen LogP contribution in [0, 0.1) is 0 Å². The van der Waals surface area contributed by atoms with Crippen molar-refractivity contribution in [2.24, 2.45) is 5.73 Å². The highest BCUT2D eigenvalue weighted by Crippen LogP contribution is 2.36. The molecule has 2 saturated carbocycles. The van der Waals surface area contributed by atoms with E-state index in [4.69, 9.17) is 10.8 Å². The van der Waals surface area contributed by atoms with E-state index >= 15 is 0 Å². The van der Waals surface area contributed by atoms with Crippen molar-refractivity contribution >= 4 is 11.9 Å². The van der Waals surface area contributed by atoms with Crippen LogP contribution in [0.4, 0.5) is 0 Å². The Morgan fingerprint density at radius 1 is 1.06 bits per heavy atom. The number of carboxylic acid groups (broad SMARTS) is 1. The Bertz CT molecular complexity index is 344. The zero-order chi connectivity index (χ0) is 13.2. The summed E-state index contributed by atoms with van der Waals surface area (Å²) in [4.78, 5) is 22.8. The molecule has 0 radical (unpaired) electrons. The molecule has 5 nitrogen and oxygen atoms in total. The van der Waals surface area contributed by atoms with Crippen LogP contribution in [0.2, 0.25) is 0 Å². The molecule has 0 aromatic heterocycles. The first-order chi connectivity index (χ1) is 8.43. The van der Waals surface area contributed by atoms with Gasteiger partial charge in [0.05, 0.1) is 12.0 Å². The minimum Gasteiger partial charge on any atom is -0.481 e. The lowest BCUT2D eigenvalue weighted by atomic mass is 9.74. The number of nitrogens with two attached hydrogens (primary N) is 1. The molecule has 18 heavy (non-hydrogen) atoms. The number of nitrogens with one attached hydrogen (secondary N) is 1. The SMILES string of the molecule is NC1(CC(=O)NC2(CC(=O)O)CCC2)CCCC1. The van der Waals surface area contributed by atoms with Crippen LogP contribution in [0.3, 0.4) is 0 Å². The van der Waals surface area contributed by atoms with Crippen molar-refractivity contribution in [2.45, 2.75) is 68.9 Å². The van der Waals surface area contributed by atoms with Gasteiger partial charge in [0.15, 0.2) is 0 Å². The van der Waals surface area contributed by atoms with Gasteiger partial charge < -0.3 is 16.2 Å². The maximum Gasteiger partial charge on any atom is 0.305 e. The molecule has 0 bridgehead atoms. The molecule has 0 heterocycles. The molecule has 0 saturated heterocycles. The summed E-state index contributed by atoms with van der Waals surface area (Å²) >= 11 is 0. The van der Waals surface area contributed by atoms with E-state index in [1.165, 1.54) is 0 Å². The van der Waals surface area contributed by atoms with Gasteiger partial charge in [-0.05, 0) is 32.1 Å². The van der Waals surface area contributed by atoms with E-state index in [9.17, 15) is 9.59 Å². The molecule has 102 valence electrons. The van der Waals surface area contributed by atoms with Crippen molar-refractivity contribution in [3.8, 4) is 0 Å². The fraction of sp³-hybridized carbons (Fsp3) is 0.846. The summed E-state index contributed by atoms with van der Waals surface area (Å²) in [6.45, 7) is 0. The first kappa shape index (κ1) is 13.3. The third kappa shape index (κ3) is 3.02. The van der Waals surface area contributed by atoms with Crippen molar-refractivity contribution < 1.29 is 14.7 Å². The number of carbonyl (C=O) groups excluding carboxylic acids is 1. The van der Waals surface area contributed by atoms with E-state index in [1.54, 1.807) is 0 Å². The van der Waals surface area contributed by atoms with E-state index in [2.05, 4.69) is 5.32 Å². The molecule has 0 unspecified atom stereocenters. The molecule has 0 aromatic carbocycles. The van der Waals surface area contributed by atoms with Crippen LogP contribution in [0.1, 0.15) is 57.8 Å². The topological polar surface area (TPSA) is 92.4 Å². The van der Waals surface area contributed by atoms with Crippen LogP contribution in [0.5, 0.6) is 0 Å². The average molecular weight is 254 g/mol. The highest BCUT2D eigenvalue weighted by Gasteiger charge is 2.41. The molecular formula is C13H22N2O3. The molecule has 2 aliphatic rings. The molecule has 0 spiro atoms. The Morgan fingerprint density at radius 2 is 1.67 bits per heavy atom. The molecule has 0 atom stereocenters. The van der Waals surface area contributed by atoms with Crippen molar-refractivity contribution in [2.75, 3.05) is 0 Å². The molecule has 0 aliphatic heterocycles. The van der Waals surface area contributed by atoms with Crippen molar-refractivity contribution in [3.05, 3.63) is 0 Å². The highest BCUT2D eigenvalue weighted by atomic mass is 16.4. The zero-order valence-electron chi connectivity index (χ0n) is 10.7. The van der Waals surface area contributed by atoms with E-state index < -0.39 is 11.5 Å². The van der Waals surface area contributed by atoms with Gasteiger partial charge in [-0.15, -0.1) is 0 Å². The standard InChI is InChI=1S/C13H22N2O3/c14-12(4-1-2-5-12)8-10(16)15-13(6-3-7-13)9-11(17)18/h1-9,14H2,(H,15,16)(H,17,18). The Labute approximate surface area is 107 Å². The summed E-state index contributed by atoms with van der Waals surface area (Å²) in [5, 5.41) is 11.8. The number of hydrogen-bond donors (Lipinski definition) is 3. The van der Waals surface area contributed by atoms with Gasteiger partial charge in [-0.25, -0.2) is 0 Å². The van der Waals surface area contributed by atoms with Crippen molar-refractivity contribution in [3.63, 3.8) is 0 Å². The number of rotatable bonds is 5. The Morgan fingerprint density at radius 3 is 2.11 bits per heavy atom. The zero-order valence-corrected chi connectivity index (χ0v) is 10.7. The first-order valence-corrected chi connectivity index (χ1v) is 6.75. The van der Waals surface area contributed by atoms with E-state index in [1.807, 2.05) is 0 Å². The second-order valence-electron chi connectivity index (χ2n) is 6.00. The van der Waals surface area contributed by atoms with Crippen LogP contribution >= 0.6 is 0 Å². The van der Waals surface area contributed by atoms with Crippen LogP contribution in [-0.2, 0) is 9.59 Å². The van der Waals surface area contributed by atoms with Gasteiger partial charge in [-0.1, -0.05) is 12.8 Å². The summed E-state index contributed by atoms with van der Waals surface area (Å²) in [7, 11) is 0. The number of hydrogen-bond acceptors (Lipinski definition) is 3. The second-order valence-corrected chi connectivity index (χ2v) is 6.00. The normalized spacial score (nSPS) is 24.3. The molecule has 2 fully saturated rings. The number of aliphatic carboxylic acids is 1. The quantitative estimate of drug-likeness (QED) is 0.686. The monoisotopic (exact) mass is 254 g/mol. The van der Waals surface area contributed by atoms with E-state index in [0.717, 1.165) is 44.9 Å². The Hall–Kier alpha value is -1.10. The van der Waals surface area contributed by atoms with Gasteiger partial charge in [0.1, 0.15) is 0 Å². The molecule has 1 amide bonds. The third-order valence-electron chi connectivity index (χ3n) is 4.32. The predicted octanol–water partition coefficient (Wildman–Crippen LogP) is 1.16. The lowest BCUT2D eigenvalue weighted by Crippen LogP contribution is -2.56. The third-order valence-corrected chi connectivity index (χ3v) is 4.32. The minimum absolute atomic E-state index is 0.0241. The molecule has 0 aromatic rings. The Kier molecular flexibility index (Phi) is 3.61. The van der Waals surface area contributed by atoms with Gasteiger partial charge in [0.25, 0.3) is 0 Å². The molecule has 4 N–H and O–H groups in total. The first-order valence-electron chi connectivity index (χ1n) is 6.75. The minimum atomic E-state index is -0.849. The fourth-order valence-electron chi connectivity index (χ4n) is 3.15. The van der Waals surface area contributed by atoms with Crippen LogP contribution in [0.25, 0.3) is 0 Å². The number of amides is 1. The number of carbonyl (C=O) groups is 2. The van der Waals surface area contributed by atoms with Gasteiger partial charge in [-0.2, -0.15) is 0 Å².